The number of imidazole rings is 1. The minimum atomic E-state index is -0.258. The second-order valence-electron chi connectivity index (χ2n) is 14.1. The third kappa shape index (κ3) is 6.71. The number of halogens is 2. The van der Waals surface area contributed by atoms with E-state index in [0.29, 0.717) is 21.8 Å². The van der Waals surface area contributed by atoms with Crippen molar-refractivity contribution >= 4 is 51.4 Å². The van der Waals surface area contributed by atoms with Crippen LogP contribution >= 0.6 is 23.2 Å². The average Bonchev–Trinajstić information content (AvgIpc) is 3.78. The van der Waals surface area contributed by atoms with Crippen LogP contribution in [0.25, 0.3) is 33.4 Å². The van der Waals surface area contributed by atoms with E-state index in [-0.39, 0.29) is 11.9 Å². The molecule has 2 aliphatic rings. The standard InChI is InChI=1S/C42H43Cl2N7O/c1-27-38(36(19-20-45-27)50-23-21-49(22-24-50)33-11-7-4-8-12-33)48-42(52)40-37(34-18-17-32(44)25-35(34)47-40)41-39(30-9-5-3-6-10-30)46-26-51(41)28(2)29-13-15-31(43)16-14-29/h3,5-6,9-10,13-20,25-26,28,33,47H,4,7-8,11-12,21-24H2,1-2H3,(H,48,52)/t28-/m0/s1. The lowest BCUT2D eigenvalue weighted by Crippen LogP contribution is -2.51. The lowest BCUT2D eigenvalue weighted by Gasteiger charge is -2.42. The number of nitrogens with one attached hydrogen (secondary N) is 2. The van der Waals surface area contributed by atoms with Crippen LogP contribution in [0.2, 0.25) is 10.0 Å². The smallest absolute Gasteiger partial charge is 0.272 e. The summed E-state index contributed by atoms with van der Waals surface area (Å²) >= 11 is 12.8. The van der Waals surface area contributed by atoms with E-state index in [1.807, 2.05) is 98.3 Å². The maximum atomic E-state index is 14.8. The van der Waals surface area contributed by atoms with Gasteiger partial charge < -0.3 is 19.8 Å². The highest BCUT2D eigenvalue weighted by atomic mass is 35.5. The minimum absolute atomic E-state index is 0.121. The summed E-state index contributed by atoms with van der Waals surface area (Å²) in [4.78, 5) is 32.9. The highest BCUT2D eigenvalue weighted by molar-refractivity contribution is 6.31. The third-order valence-electron chi connectivity index (χ3n) is 10.9. The van der Waals surface area contributed by atoms with Crippen LogP contribution in [0.5, 0.6) is 0 Å². The molecule has 1 aliphatic heterocycles. The molecule has 4 heterocycles. The number of amides is 1. The molecule has 6 aromatic rings. The quantitative estimate of drug-likeness (QED) is 0.163. The summed E-state index contributed by atoms with van der Waals surface area (Å²) in [7, 11) is 0. The van der Waals surface area contributed by atoms with Gasteiger partial charge in [-0.2, -0.15) is 0 Å². The van der Waals surface area contributed by atoms with Gasteiger partial charge in [0.25, 0.3) is 5.91 Å². The number of hydrogen-bond acceptors (Lipinski definition) is 5. The fraction of sp³-hybridized carbons (Fsp3) is 0.310. The molecule has 0 bridgehead atoms. The molecule has 8 nitrogen and oxygen atoms in total. The van der Waals surface area contributed by atoms with Gasteiger partial charge in [0.2, 0.25) is 0 Å². The van der Waals surface area contributed by atoms with Crippen molar-refractivity contribution < 1.29 is 4.79 Å². The highest BCUT2D eigenvalue weighted by Gasteiger charge is 2.30. The molecule has 3 aromatic heterocycles. The molecular formula is C42H43Cl2N7O. The van der Waals surface area contributed by atoms with Crippen molar-refractivity contribution in [3.05, 3.63) is 118 Å². The first-order chi connectivity index (χ1) is 25.4. The number of carbonyl (C=O) groups is 1. The molecule has 1 amide bonds. The Morgan fingerprint density at radius 1 is 0.885 bits per heavy atom. The molecule has 1 aliphatic carbocycles. The monoisotopic (exact) mass is 731 g/mol. The maximum absolute atomic E-state index is 14.8. The zero-order chi connectivity index (χ0) is 35.8. The van der Waals surface area contributed by atoms with E-state index in [2.05, 4.69) is 36.6 Å². The molecule has 10 heteroatoms. The Labute approximate surface area is 314 Å². The first-order valence-corrected chi connectivity index (χ1v) is 19.1. The fourth-order valence-electron chi connectivity index (χ4n) is 8.12. The molecule has 2 fully saturated rings. The summed E-state index contributed by atoms with van der Waals surface area (Å²) in [6.07, 6.45) is 10.3. The van der Waals surface area contributed by atoms with E-state index in [4.69, 9.17) is 28.2 Å². The van der Waals surface area contributed by atoms with Crippen LogP contribution in [0.15, 0.2) is 91.4 Å². The number of carbonyl (C=O) groups excluding carboxylic acids is 1. The lowest BCUT2D eigenvalue weighted by atomic mass is 9.94. The molecule has 3 aromatic carbocycles. The molecule has 2 N–H and O–H groups in total. The summed E-state index contributed by atoms with van der Waals surface area (Å²) in [5, 5.41) is 5.46. The summed E-state index contributed by atoms with van der Waals surface area (Å²) < 4.78 is 2.14. The van der Waals surface area contributed by atoms with Crippen molar-refractivity contribution in [1.82, 2.24) is 24.4 Å². The Bertz CT molecular complexity index is 2200. The van der Waals surface area contributed by atoms with Gasteiger partial charge in [0.15, 0.2) is 0 Å². The maximum Gasteiger partial charge on any atom is 0.272 e. The molecule has 1 saturated heterocycles. The molecule has 52 heavy (non-hydrogen) atoms. The number of aryl methyl sites for hydroxylation is 1. The number of aromatic amines is 1. The van der Waals surface area contributed by atoms with Crippen molar-refractivity contribution in [2.75, 3.05) is 36.4 Å². The summed E-state index contributed by atoms with van der Waals surface area (Å²) in [5.74, 6) is -0.258. The number of pyridine rings is 1. The lowest BCUT2D eigenvalue weighted by molar-refractivity contribution is 0.102. The highest BCUT2D eigenvalue weighted by Crippen LogP contribution is 2.42. The zero-order valence-corrected chi connectivity index (χ0v) is 31.1. The summed E-state index contributed by atoms with van der Waals surface area (Å²) in [6.45, 7) is 7.94. The third-order valence-corrected chi connectivity index (χ3v) is 11.4. The Hall–Kier alpha value is -4.63. The van der Waals surface area contributed by atoms with Crippen LogP contribution in [0, 0.1) is 6.92 Å². The van der Waals surface area contributed by atoms with Crippen molar-refractivity contribution in [3.63, 3.8) is 0 Å². The van der Waals surface area contributed by atoms with Crippen LogP contribution in [0.3, 0.4) is 0 Å². The molecule has 0 radical (unpaired) electrons. The minimum Gasteiger partial charge on any atom is -0.367 e. The number of anilines is 2. The number of nitrogens with zero attached hydrogens (tertiary/aromatic N) is 5. The molecule has 1 atom stereocenters. The number of hydrogen-bond donors (Lipinski definition) is 2. The van der Waals surface area contributed by atoms with Gasteiger partial charge in [0.05, 0.1) is 40.8 Å². The summed E-state index contributed by atoms with van der Waals surface area (Å²) in [6, 6.07) is 26.3. The van der Waals surface area contributed by atoms with Crippen molar-refractivity contribution in [2.45, 2.75) is 58.0 Å². The Morgan fingerprint density at radius 2 is 1.62 bits per heavy atom. The van der Waals surface area contributed by atoms with Gasteiger partial charge in [-0.1, -0.05) is 91.0 Å². The predicted octanol–water partition coefficient (Wildman–Crippen LogP) is 10.0. The first kappa shape index (κ1) is 34.5. The van der Waals surface area contributed by atoms with E-state index in [0.717, 1.165) is 82.2 Å². The summed E-state index contributed by atoms with van der Waals surface area (Å²) in [5.41, 5.74) is 8.07. The zero-order valence-electron chi connectivity index (χ0n) is 29.6. The van der Waals surface area contributed by atoms with Gasteiger partial charge in [-0.3, -0.25) is 14.7 Å². The molecule has 0 spiro atoms. The fourth-order valence-corrected chi connectivity index (χ4v) is 8.42. The number of rotatable bonds is 8. The van der Waals surface area contributed by atoms with Crippen LogP contribution < -0.4 is 10.2 Å². The van der Waals surface area contributed by atoms with Crippen LogP contribution in [0.4, 0.5) is 11.4 Å². The first-order valence-electron chi connectivity index (χ1n) is 18.3. The molecule has 266 valence electrons. The van der Waals surface area contributed by atoms with Gasteiger partial charge in [0.1, 0.15) is 5.69 Å². The largest absolute Gasteiger partial charge is 0.367 e. The number of benzene rings is 3. The van der Waals surface area contributed by atoms with Crippen LogP contribution in [0.1, 0.15) is 66.8 Å². The number of fused-ring (bicyclic) bond motifs is 1. The Balaban J connectivity index is 1.20. The van der Waals surface area contributed by atoms with Crippen molar-refractivity contribution in [3.8, 4) is 22.5 Å². The van der Waals surface area contributed by atoms with Gasteiger partial charge in [0, 0.05) is 70.5 Å². The number of H-pyrrole nitrogens is 1. The molecule has 1 saturated carbocycles. The van der Waals surface area contributed by atoms with E-state index < -0.39 is 0 Å². The van der Waals surface area contributed by atoms with Gasteiger partial charge in [-0.15, -0.1) is 0 Å². The van der Waals surface area contributed by atoms with Gasteiger partial charge in [-0.25, -0.2) is 4.98 Å². The van der Waals surface area contributed by atoms with Crippen molar-refractivity contribution in [1.29, 1.82) is 0 Å². The normalized spacial score (nSPS) is 16.3. The Morgan fingerprint density at radius 3 is 2.37 bits per heavy atom. The number of piperazine rings is 1. The molecular weight excluding hydrogens is 689 g/mol. The van der Waals surface area contributed by atoms with Crippen LogP contribution in [-0.2, 0) is 0 Å². The Kier molecular flexibility index (Phi) is 9.79. The second-order valence-corrected chi connectivity index (χ2v) is 14.9. The van der Waals surface area contributed by atoms with Gasteiger partial charge in [-0.05, 0) is 62.6 Å². The molecule has 0 unspecified atom stereocenters. The van der Waals surface area contributed by atoms with Gasteiger partial charge >= 0.3 is 0 Å². The SMILES string of the molecule is Cc1nccc(N2CCN(C3CCCCC3)CC2)c1NC(=O)c1[nH]c2cc(Cl)ccc2c1-c1c(-c2ccccc2)ncn1[C@@H](C)c1ccc(Cl)cc1. The number of aromatic nitrogens is 4. The van der Waals surface area contributed by atoms with E-state index in [9.17, 15) is 4.79 Å². The van der Waals surface area contributed by atoms with E-state index >= 15 is 0 Å². The topological polar surface area (TPSA) is 82.1 Å². The average molecular weight is 733 g/mol. The molecule has 8 rings (SSSR count). The second kappa shape index (κ2) is 14.8. The van der Waals surface area contributed by atoms with E-state index in [1.165, 1.54) is 32.1 Å². The van der Waals surface area contributed by atoms with Crippen LogP contribution in [-0.4, -0.2) is 62.5 Å². The van der Waals surface area contributed by atoms with E-state index in [1.54, 1.807) is 0 Å². The van der Waals surface area contributed by atoms with Crippen molar-refractivity contribution in [2.24, 2.45) is 0 Å². The predicted molar refractivity (Wildman–Crippen MR) is 213 cm³/mol.